The number of ether oxygens (including phenoxy) is 1. The highest BCUT2D eigenvalue weighted by Gasteiger charge is 2.54. The summed E-state index contributed by atoms with van der Waals surface area (Å²) in [4.78, 5) is 70.1. The monoisotopic (exact) mass is 527 g/mol. The Balaban J connectivity index is 1.82. The van der Waals surface area contributed by atoms with E-state index < -0.39 is 52.5 Å². The van der Waals surface area contributed by atoms with Gasteiger partial charge in [0, 0.05) is 23.6 Å². The van der Waals surface area contributed by atoms with Crippen molar-refractivity contribution in [2.75, 3.05) is 18.1 Å². The van der Waals surface area contributed by atoms with Crippen LogP contribution >= 0.6 is 23.1 Å². The second-order valence-corrected chi connectivity index (χ2v) is 9.81. The summed E-state index contributed by atoms with van der Waals surface area (Å²) in [7, 11) is 0. The summed E-state index contributed by atoms with van der Waals surface area (Å²) in [5.74, 6) is -4.76. The highest BCUT2D eigenvalue weighted by atomic mass is 32.2. The summed E-state index contributed by atoms with van der Waals surface area (Å²) in [6.07, 6.45) is 0. The zero-order valence-electron chi connectivity index (χ0n) is 18.6. The molecule has 0 saturated carbocycles. The first kappa shape index (κ1) is 26.0. The number of oxime groups is 1. The van der Waals surface area contributed by atoms with Crippen molar-refractivity contribution in [1.29, 1.82) is 0 Å². The zero-order valence-corrected chi connectivity index (χ0v) is 20.3. The quantitative estimate of drug-likeness (QED) is 0.140. The molecule has 0 radical (unpaired) electrons. The molecule has 2 atom stereocenters. The molecule has 1 fully saturated rings. The van der Waals surface area contributed by atoms with Crippen molar-refractivity contribution in [1.82, 2.24) is 15.2 Å². The number of esters is 1. The predicted octanol–water partition coefficient (Wildman–Crippen LogP) is -0.389. The standard InChI is InChI=1S/C19H21N5O9S2/c1-7(25)32-4-8-5-34-15-11(14(27)24(15)12(8)16(28)29)22-13(26)10(9-6-35-18(20)21-9)23-33-19(2,3)17(30)31/h6,11,15H,4-5H2,1-3H3,(H2,20,21)(H,22,26)(H,28,29)(H,30,31)/t11-,15-/m0/s1. The summed E-state index contributed by atoms with van der Waals surface area (Å²) in [6.45, 7) is 3.35. The van der Waals surface area contributed by atoms with Crippen LogP contribution in [0.25, 0.3) is 0 Å². The Labute approximate surface area is 206 Å². The number of thioether (sulfide) groups is 1. The Bertz CT molecular complexity index is 1160. The van der Waals surface area contributed by atoms with Crippen LogP contribution in [0.3, 0.4) is 0 Å². The third-order valence-corrected chi connectivity index (χ3v) is 6.86. The van der Waals surface area contributed by atoms with Crippen LogP contribution in [0.1, 0.15) is 26.5 Å². The topological polar surface area (TPSA) is 211 Å². The van der Waals surface area contributed by atoms with Crippen molar-refractivity contribution >= 4 is 63.7 Å². The molecule has 2 aliphatic rings. The lowest BCUT2D eigenvalue weighted by atomic mass is 10.0. The highest BCUT2D eigenvalue weighted by Crippen LogP contribution is 2.40. The van der Waals surface area contributed by atoms with E-state index >= 15 is 0 Å². The van der Waals surface area contributed by atoms with Crippen LogP contribution in [0, 0.1) is 0 Å². The normalized spacial score (nSPS) is 20.0. The Morgan fingerprint density at radius 3 is 2.57 bits per heavy atom. The number of hydrogen-bond donors (Lipinski definition) is 4. The number of nitrogens with one attached hydrogen (secondary N) is 1. The number of thiazole rings is 1. The number of carbonyl (C=O) groups excluding carboxylic acids is 3. The number of nitrogen functional groups attached to an aromatic ring is 1. The molecule has 1 saturated heterocycles. The molecule has 0 spiro atoms. The summed E-state index contributed by atoms with van der Waals surface area (Å²) in [5, 5.41) is 25.8. The molecular weight excluding hydrogens is 506 g/mol. The van der Waals surface area contributed by atoms with Crippen molar-refractivity contribution < 1.29 is 43.8 Å². The minimum Gasteiger partial charge on any atom is -0.478 e. The molecular formula is C19H21N5O9S2. The fraction of sp³-hybridized carbons (Fsp3) is 0.421. The summed E-state index contributed by atoms with van der Waals surface area (Å²) < 4.78 is 4.88. The lowest BCUT2D eigenvalue weighted by Crippen LogP contribution is -2.71. The Morgan fingerprint density at radius 1 is 1.34 bits per heavy atom. The highest BCUT2D eigenvalue weighted by molar-refractivity contribution is 8.00. The van der Waals surface area contributed by atoms with E-state index in [2.05, 4.69) is 15.5 Å². The largest absolute Gasteiger partial charge is 0.478 e. The SMILES string of the molecule is CC(=O)OCC1=C(C(=O)O)N2C(=O)[C@H](NC(=O)C(=NOC(C)(C)C(=O)O)c3csc(N)n3)[C@@H]2SC1. The van der Waals surface area contributed by atoms with Gasteiger partial charge < -0.3 is 30.8 Å². The lowest BCUT2D eigenvalue weighted by molar-refractivity contribution is -0.161. The molecule has 35 heavy (non-hydrogen) atoms. The van der Waals surface area contributed by atoms with Gasteiger partial charge in [0.25, 0.3) is 11.8 Å². The van der Waals surface area contributed by atoms with E-state index in [4.69, 9.17) is 15.3 Å². The first-order valence-corrected chi connectivity index (χ1v) is 11.8. The third-order valence-electron chi connectivity index (χ3n) is 4.85. The predicted molar refractivity (Wildman–Crippen MR) is 122 cm³/mol. The van der Waals surface area contributed by atoms with E-state index in [1.807, 2.05) is 0 Å². The van der Waals surface area contributed by atoms with Gasteiger partial charge in [-0.2, -0.15) is 0 Å². The van der Waals surface area contributed by atoms with Crippen LogP contribution < -0.4 is 11.1 Å². The molecule has 0 unspecified atom stereocenters. The number of carboxylic acids is 2. The second-order valence-electron chi connectivity index (χ2n) is 7.82. The Hall–Kier alpha value is -3.66. The van der Waals surface area contributed by atoms with E-state index in [9.17, 15) is 34.2 Å². The molecule has 1 aromatic heterocycles. The number of rotatable bonds is 9. The average molecular weight is 528 g/mol. The van der Waals surface area contributed by atoms with E-state index in [0.717, 1.165) is 16.2 Å². The van der Waals surface area contributed by atoms with Gasteiger partial charge >= 0.3 is 17.9 Å². The zero-order chi connectivity index (χ0) is 26.1. The maximum atomic E-state index is 13.0. The molecule has 16 heteroatoms. The third kappa shape index (κ3) is 5.37. The van der Waals surface area contributed by atoms with Gasteiger partial charge in [0.1, 0.15) is 29.4 Å². The molecule has 2 amide bonds. The number of amides is 2. The summed E-state index contributed by atoms with van der Waals surface area (Å²) in [6, 6.07) is -1.11. The number of fused-ring (bicyclic) bond motifs is 1. The van der Waals surface area contributed by atoms with Gasteiger partial charge in [-0.1, -0.05) is 5.16 Å². The van der Waals surface area contributed by atoms with Crippen LogP contribution in [0.2, 0.25) is 0 Å². The molecule has 5 N–H and O–H groups in total. The van der Waals surface area contributed by atoms with E-state index in [0.29, 0.717) is 0 Å². The minimum absolute atomic E-state index is 0.000836. The van der Waals surface area contributed by atoms with Crippen LogP contribution in [0.15, 0.2) is 21.8 Å². The molecule has 3 heterocycles. The number of β-lactam (4-membered cyclic amide) rings is 1. The van der Waals surface area contributed by atoms with Gasteiger partial charge in [0.05, 0.1) is 0 Å². The summed E-state index contributed by atoms with van der Waals surface area (Å²) in [5.41, 5.74) is 3.38. The number of hydrogen-bond acceptors (Lipinski definition) is 12. The van der Waals surface area contributed by atoms with Crippen LogP contribution in [0.5, 0.6) is 0 Å². The lowest BCUT2D eigenvalue weighted by Gasteiger charge is -2.49. The number of aromatic nitrogens is 1. The molecule has 14 nitrogen and oxygen atoms in total. The Morgan fingerprint density at radius 2 is 2.03 bits per heavy atom. The van der Waals surface area contributed by atoms with Gasteiger partial charge in [-0.3, -0.25) is 19.3 Å². The maximum Gasteiger partial charge on any atom is 0.352 e. The van der Waals surface area contributed by atoms with Crippen molar-refractivity contribution in [2.24, 2.45) is 5.16 Å². The number of carboxylic acid groups (broad SMARTS) is 2. The molecule has 0 aliphatic carbocycles. The molecule has 0 aromatic carbocycles. The van der Waals surface area contributed by atoms with E-state index in [1.54, 1.807) is 0 Å². The number of carbonyl (C=O) groups is 5. The number of anilines is 1. The Kier molecular flexibility index (Phi) is 7.35. The smallest absolute Gasteiger partial charge is 0.352 e. The first-order chi connectivity index (χ1) is 16.3. The van der Waals surface area contributed by atoms with Crippen molar-refractivity contribution in [2.45, 2.75) is 37.8 Å². The fourth-order valence-electron chi connectivity index (χ4n) is 2.99. The minimum atomic E-state index is -1.77. The van der Waals surface area contributed by atoms with Crippen molar-refractivity contribution in [3.8, 4) is 0 Å². The molecule has 3 rings (SSSR count). The summed E-state index contributed by atoms with van der Waals surface area (Å²) >= 11 is 2.18. The van der Waals surface area contributed by atoms with Gasteiger partial charge in [0.15, 0.2) is 10.8 Å². The van der Waals surface area contributed by atoms with Crippen LogP contribution in [0.4, 0.5) is 5.13 Å². The fourth-order valence-corrected chi connectivity index (χ4v) is 4.87. The van der Waals surface area contributed by atoms with E-state index in [-0.39, 0.29) is 34.5 Å². The number of nitrogens with two attached hydrogens (primary N) is 1. The number of aliphatic carboxylic acids is 2. The number of nitrogens with zero attached hydrogens (tertiary/aromatic N) is 3. The van der Waals surface area contributed by atoms with Gasteiger partial charge in [-0.15, -0.1) is 23.1 Å². The second kappa shape index (κ2) is 9.91. The molecule has 2 aliphatic heterocycles. The maximum absolute atomic E-state index is 13.0. The molecule has 1 aromatic rings. The molecule has 0 bridgehead atoms. The first-order valence-electron chi connectivity index (χ1n) is 9.88. The average Bonchev–Trinajstić information content (AvgIpc) is 3.20. The van der Waals surface area contributed by atoms with Crippen LogP contribution in [-0.4, -0.2) is 84.9 Å². The molecule has 188 valence electrons. The van der Waals surface area contributed by atoms with Crippen molar-refractivity contribution in [3.05, 3.63) is 22.3 Å². The van der Waals surface area contributed by atoms with Crippen LogP contribution in [-0.2, 0) is 33.5 Å². The van der Waals surface area contributed by atoms with Crippen molar-refractivity contribution in [3.63, 3.8) is 0 Å². The van der Waals surface area contributed by atoms with Gasteiger partial charge in [-0.05, 0) is 13.8 Å². The van der Waals surface area contributed by atoms with Gasteiger partial charge in [-0.25, -0.2) is 14.6 Å². The van der Waals surface area contributed by atoms with Gasteiger partial charge in [0.2, 0.25) is 5.60 Å². The van der Waals surface area contributed by atoms with E-state index in [1.165, 1.54) is 37.9 Å².